The van der Waals surface area contributed by atoms with Crippen LogP contribution in [0.1, 0.15) is 109 Å². The molecule has 0 radical (unpaired) electrons. The van der Waals surface area contributed by atoms with Crippen molar-refractivity contribution in [1.29, 1.82) is 0 Å². The number of nitrogens with two attached hydrogens (primary N) is 1. The Kier molecular flexibility index (Phi) is 11.3. The smallest absolute Gasteiger partial charge is 0.316 e. The first-order valence-corrected chi connectivity index (χ1v) is 19.6. The van der Waals surface area contributed by atoms with Gasteiger partial charge in [-0.1, -0.05) is 102 Å². The molecule has 1 aromatic carbocycles. The molecule has 5 atom stereocenters. The van der Waals surface area contributed by atoms with Crippen molar-refractivity contribution in [3.8, 4) is 0 Å². The molecule has 6 rings (SSSR count). The van der Waals surface area contributed by atoms with Crippen LogP contribution in [0.3, 0.4) is 0 Å². The Hall–Kier alpha value is -3.96. The highest BCUT2D eigenvalue weighted by Gasteiger charge is 2.70. The van der Waals surface area contributed by atoms with E-state index in [-0.39, 0.29) is 40.9 Å². The average Bonchev–Trinajstić information content (AvgIpc) is 3.42. The van der Waals surface area contributed by atoms with E-state index >= 15 is 0 Å². The average molecular weight is 719 g/mol. The third-order valence-electron chi connectivity index (χ3n) is 13.2. The summed E-state index contributed by atoms with van der Waals surface area (Å²) in [5.74, 6) is -2.73. The minimum absolute atomic E-state index is 0.0910. The van der Waals surface area contributed by atoms with Crippen LogP contribution < -0.4 is 21.7 Å². The number of carbonyl (C=O) groups excluding carboxylic acids is 6. The van der Waals surface area contributed by atoms with E-state index < -0.39 is 47.3 Å². The zero-order chi connectivity index (χ0) is 37.2. The zero-order valence-corrected chi connectivity index (χ0v) is 31.2. The fraction of sp³-hybridized carbons (Fsp3) is 0.700. The normalized spacial score (nSPS) is 26.1. The maximum atomic E-state index is 14.7. The van der Waals surface area contributed by atoms with E-state index in [0.29, 0.717) is 32.4 Å². The van der Waals surface area contributed by atoms with Gasteiger partial charge in [-0.05, 0) is 66.8 Å². The molecule has 6 amide bonds. The van der Waals surface area contributed by atoms with E-state index in [9.17, 15) is 28.8 Å². The van der Waals surface area contributed by atoms with Gasteiger partial charge in [0.15, 0.2) is 0 Å². The van der Waals surface area contributed by atoms with Gasteiger partial charge in [0.1, 0.15) is 17.6 Å². The molecule has 4 saturated carbocycles. The number of benzene rings is 1. The van der Waals surface area contributed by atoms with Gasteiger partial charge in [0.2, 0.25) is 23.5 Å². The minimum Gasteiger partial charge on any atom is -0.363 e. The van der Waals surface area contributed by atoms with Crippen LogP contribution in [-0.4, -0.2) is 82.5 Å². The Morgan fingerprint density at radius 2 is 1.54 bits per heavy atom. The number of Topliss-reactive ketones (excluding diaryl/α,β-unsaturated/α-hetero) is 1. The summed E-state index contributed by atoms with van der Waals surface area (Å²) in [6.45, 7) is 4.96. The monoisotopic (exact) mass is 718 g/mol. The molecule has 5 aliphatic rings. The number of ketones is 1. The van der Waals surface area contributed by atoms with Crippen LogP contribution in [0.2, 0.25) is 0 Å². The highest BCUT2D eigenvalue weighted by molar-refractivity contribution is 6.37. The predicted octanol–water partition coefficient (Wildman–Crippen LogP) is 3.81. The third kappa shape index (κ3) is 7.86. The highest BCUT2D eigenvalue weighted by Crippen LogP contribution is 2.65. The number of primary amides is 1. The van der Waals surface area contributed by atoms with Crippen molar-refractivity contribution in [2.45, 2.75) is 134 Å². The standard InChI is InChI=1S/C40H58N6O6/c1-39(2)28-24-46(32(30(28)39)35(49)42-29(33(47)34(41)48)22-25-16-13-17-25)36(50)31(27-18-9-5-10-19-27)43-38(52)44-40(20-11-6-12-21-40)37(51)45(3)23-26-14-7-4-8-15-26/h4,7-8,14-15,25,27-32H,5-6,9-13,16-24H2,1-3H3,(H2,41,48)(H,42,49)(H2,43,44,52)/t28-,29?,30-,31-,32-/m0/s1. The van der Waals surface area contributed by atoms with Gasteiger partial charge in [-0.15, -0.1) is 0 Å². The van der Waals surface area contributed by atoms with Crippen molar-refractivity contribution >= 4 is 35.4 Å². The zero-order valence-electron chi connectivity index (χ0n) is 31.2. The second-order valence-corrected chi connectivity index (χ2v) is 17.0. The summed E-state index contributed by atoms with van der Waals surface area (Å²) in [7, 11) is 1.76. The van der Waals surface area contributed by atoms with Gasteiger partial charge in [0.25, 0.3) is 5.91 Å². The lowest BCUT2D eigenvalue weighted by atomic mass is 9.80. The molecule has 1 unspecified atom stereocenters. The van der Waals surface area contributed by atoms with E-state index in [0.717, 1.165) is 76.2 Å². The topological polar surface area (TPSA) is 171 Å². The molecule has 0 spiro atoms. The van der Waals surface area contributed by atoms with Crippen LogP contribution in [0, 0.1) is 29.1 Å². The summed E-state index contributed by atoms with van der Waals surface area (Å²) in [6, 6.07) is 6.44. The first-order chi connectivity index (χ1) is 24.8. The first-order valence-electron chi connectivity index (χ1n) is 19.6. The maximum absolute atomic E-state index is 14.7. The van der Waals surface area contributed by atoms with Crippen molar-refractivity contribution in [3.05, 3.63) is 35.9 Å². The molecule has 0 bridgehead atoms. The molecule has 0 aromatic heterocycles. The van der Waals surface area contributed by atoms with Gasteiger partial charge in [0, 0.05) is 20.1 Å². The molecule has 1 heterocycles. The predicted molar refractivity (Wildman–Crippen MR) is 195 cm³/mol. The van der Waals surface area contributed by atoms with Gasteiger partial charge in [-0.25, -0.2) is 4.79 Å². The largest absolute Gasteiger partial charge is 0.363 e. The van der Waals surface area contributed by atoms with Crippen molar-refractivity contribution < 1.29 is 28.8 Å². The molecule has 284 valence electrons. The van der Waals surface area contributed by atoms with Crippen LogP contribution in [-0.2, 0) is 30.5 Å². The fourth-order valence-electron chi connectivity index (χ4n) is 9.80. The molecule has 12 heteroatoms. The molecule has 1 saturated heterocycles. The SMILES string of the molecule is CN(Cc1ccccc1)C(=O)C1(NC(=O)N[C@H](C(=O)N2C[C@H]3[C@@H]([C@H]2C(=O)NC(CC2CCC2)C(=O)C(N)=O)C3(C)C)C2CCCCC2)CCCCC1. The molecule has 4 aliphatic carbocycles. The van der Waals surface area contributed by atoms with Crippen molar-refractivity contribution in [3.63, 3.8) is 0 Å². The Morgan fingerprint density at radius 1 is 0.885 bits per heavy atom. The van der Waals surface area contributed by atoms with E-state index in [4.69, 9.17) is 5.73 Å². The highest BCUT2D eigenvalue weighted by atomic mass is 16.2. The Morgan fingerprint density at radius 3 is 2.15 bits per heavy atom. The Balaban J connectivity index is 1.21. The lowest BCUT2D eigenvalue weighted by Crippen LogP contribution is -2.65. The Labute approximate surface area is 307 Å². The number of amides is 6. The molecule has 1 aliphatic heterocycles. The van der Waals surface area contributed by atoms with Gasteiger partial charge >= 0.3 is 6.03 Å². The minimum atomic E-state index is -1.09. The van der Waals surface area contributed by atoms with Gasteiger partial charge in [0.05, 0.1) is 6.04 Å². The number of likely N-dealkylation sites (N-methyl/N-ethyl adjacent to an activating group) is 1. The summed E-state index contributed by atoms with van der Waals surface area (Å²) in [4.78, 5) is 85.1. The van der Waals surface area contributed by atoms with Crippen molar-refractivity contribution in [1.82, 2.24) is 25.8 Å². The van der Waals surface area contributed by atoms with Crippen LogP contribution >= 0.6 is 0 Å². The lowest BCUT2D eigenvalue weighted by Gasteiger charge is -2.41. The number of nitrogens with zero attached hydrogens (tertiary/aromatic N) is 2. The van der Waals surface area contributed by atoms with E-state index in [1.807, 2.05) is 30.3 Å². The maximum Gasteiger partial charge on any atom is 0.316 e. The lowest BCUT2D eigenvalue weighted by molar-refractivity contribution is -0.144. The summed E-state index contributed by atoms with van der Waals surface area (Å²) < 4.78 is 0. The number of nitrogens with one attached hydrogen (secondary N) is 3. The van der Waals surface area contributed by atoms with Gasteiger partial charge < -0.3 is 31.5 Å². The number of piperidine rings is 1. The van der Waals surface area contributed by atoms with Crippen LogP contribution in [0.15, 0.2) is 30.3 Å². The number of fused-ring (bicyclic) bond motifs is 1. The quantitative estimate of drug-likeness (QED) is 0.226. The van der Waals surface area contributed by atoms with Gasteiger partial charge in [-0.2, -0.15) is 0 Å². The third-order valence-corrected chi connectivity index (χ3v) is 13.2. The number of rotatable bonds is 13. The summed E-state index contributed by atoms with van der Waals surface area (Å²) in [5.41, 5.74) is 5.12. The molecule has 52 heavy (non-hydrogen) atoms. The van der Waals surface area contributed by atoms with Crippen LogP contribution in [0.5, 0.6) is 0 Å². The Bertz CT molecular complexity index is 1520. The molecule has 5 fully saturated rings. The van der Waals surface area contributed by atoms with Crippen molar-refractivity contribution in [2.75, 3.05) is 13.6 Å². The number of likely N-dealkylation sites (tertiary alicyclic amines) is 1. The number of hydrogen-bond acceptors (Lipinski definition) is 6. The molecule has 5 N–H and O–H groups in total. The van der Waals surface area contributed by atoms with Gasteiger partial charge in [-0.3, -0.25) is 24.0 Å². The molecule has 1 aromatic rings. The molecular formula is C40H58N6O6. The van der Waals surface area contributed by atoms with Crippen LogP contribution in [0.4, 0.5) is 4.79 Å². The fourth-order valence-corrected chi connectivity index (χ4v) is 9.80. The number of urea groups is 1. The van der Waals surface area contributed by atoms with Crippen LogP contribution in [0.25, 0.3) is 0 Å². The first kappa shape index (κ1) is 37.8. The van der Waals surface area contributed by atoms with E-state index in [2.05, 4.69) is 29.8 Å². The number of hydrogen-bond donors (Lipinski definition) is 4. The van der Waals surface area contributed by atoms with E-state index in [1.165, 1.54) is 0 Å². The number of carbonyl (C=O) groups is 6. The summed E-state index contributed by atoms with van der Waals surface area (Å²) in [5, 5.41) is 8.98. The molecular weight excluding hydrogens is 660 g/mol. The summed E-state index contributed by atoms with van der Waals surface area (Å²) in [6.07, 6.45) is 11.3. The summed E-state index contributed by atoms with van der Waals surface area (Å²) >= 11 is 0. The van der Waals surface area contributed by atoms with Crippen molar-refractivity contribution in [2.24, 2.45) is 34.8 Å². The second kappa shape index (κ2) is 15.6. The second-order valence-electron chi connectivity index (χ2n) is 17.0. The van der Waals surface area contributed by atoms with E-state index in [1.54, 1.807) is 16.8 Å². The molecule has 12 nitrogen and oxygen atoms in total.